The van der Waals surface area contributed by atoms with Crippen molar-refractivity contribution < 1.29 is 9.90 Å². The van der Waals surface area contributed by atoms with Gasteiger partial charge < -0.3 is 19.6 Å². The van der Waals surface area contributed by atoms with Crippen molar-refractivity contribution in [1.29, 1.82) is 0 Å². The van der Waals surface area contributed by atoms with E-state index in [-0.39, 0.29) is 5.69 Å². The zero-order chi connectivity index (χ0) is 15.1. The Morgan fingerprint density at radius 3 is 3.00 bits per heavy atom. The van der Waals surface area contributed by atoms with Crippen LogP contribution in [0.3, 0.4) is 0 Å². The van der Waals surface area contributed by atoms with E-state index in [1.165, 1.54) is 6.33 Å². The van der Waals surface area contributed by atoms with Crippen LogP contribution in [0.2, 0.25) is 0 Å². The maximum absolute atomic E-state index is 11.1. The highest BCUT2D eigenvalue weighted by Crippen LogP contribution is 2.25. The Morgan fingerprint density at radius 2 is 2.14 bits per heavy atom. The monoisotopic (exact) mass is 298 g/mol. The van der Waals surface area contributed by atoms with E-state index in [1.54, 1.807) is 6.07 Å². The normalized spacial score (nSPS) is 14.8. The van der Waals surface area contributed by atoms with Crippen molar-refractivity contribution in [2.75, 3.05) is 18.0 Å². The number of rotatable bonds is 2. The number of aromatic carboxylic acids is 1. The van der Waals surface area contributed by atoms with Crippen LogP contribution in [0.4, 0.5) is 5.82 Å². The summed E-state index contributed by atoms with van der Waals surface area (Å²) < 4.78 is 2.14. The molecule has 0 fully saturated rings. The summed E-state index contributed by atoms with van der Waals surface area (Å²) in [5.41, 5.74) is 0.670. The summed E-state index contributed by atoms with van der Waals surface area (Å²) in [6.07, 6.45) is 6.09. The molecular weight excluding hydrogens is 284 g/mol. The van der Waals surface area contributed by atoms with E-state index in [9.17, 15) is 4.79 Å². The lowest BCUT2D eigenvalue weighted by Crippen LogP contribution is -2.27. The van der Waals surface area contributed by atoms with Gasteiger partial charge in [0.15, 0.2) is 0 Å². The predicted molar refractivity (Wildman–Crippen MR) is 79.0 cm³/mol. The maximum Gasteiger partial charge on any atom is 0.352 e. The lowest BCUT2D eigenvalue weighted by Gasteiger charge is -2.21. The number of hydrogen-bond donors (Lipinski definition) is 2. The first-order valence-corrected chi connectivity index (χ1v) is 7.04. The standard InChI is InChI=1S/C14H14N6O2/c21-14(22)10-7-9-12(18-10)16-8-17-13(9)20-3-1-11-15-2-4-19(11)5-6-20/h2,4,7-8H,1,3,5-6H2,(H,21,22)(H,16,17,18). The second-order valence-electron chi connectivity index (χ2n) is 5.22. The Labute approximate surface area is 125 Å². The van der Waals surface area contributed by atoms with Crippen molar-refractivity contribution in [2.45, 2.75) is 13.0 Å². The summed E-state index contributed by atoms with van der Waals surface area (Å²) in [5.74, 6) is 0.826. The third-order valence-corrected chi connectivity index (χ3v) is 3.95. The van der Waals surface area contributed by atoms with Gasteiger partial charge in [0.1, 0.15) is 29.3 Å². The van der Waals surface area contributed by atoms with Gasteiger partial charge in [0, 0.05) is 38.4 Å². The summed E-state index contributed by atoms with van der Waals surface area (Å²) in [7, 11) is 0. The van der Waals surface area contributed by atoms with E-state index in [2.05, 4.69) is 29.4 Å². The second-order valence-corrected chi connectivity index (χ2v) is 5.22. The number of carbonyl (C=O) groups is 1. The minimum absolute atomic E-state index is 0.125. The molecule has 0 saturated heterocycles. The summed E-state index contributed by atoms with van der Waals surface area (Å²) in [6.45, 7) is 2.41. The predicted octanol–water partition coefficient (Wildman–Crippen LogP) is 0.915. The fourth-order valence-corrected chi connectivity index (χ4v) is 2.85. The van der Waals surface area contributed by atoms with Gasteiger partial charge in [0.05, 0.1) is 5.39 Å². The molecule has 3 aromatic rings. The molecule has 0 amide bonds. The summed E-state index contributed by atoms with van der Waals surface area (Å²) in [6, 6.07) is 1.59. The van der Waals surface area contributed by atoms with Crippen molar-refractivity contribution in [3.8, 4) is 0 Å². The third kappa shape index (κ3) is 2.00. The highest BCUT2D eigenvalue weighted by molar-refractivity contribution is 5.96. The fraction of sp³-hybridized carbons (Fsp3) is 0.286. The van der Waals surface area contributed by atoms with Crippen molar-refractivity contribution in [2.24, 2.45) is 0 Å². The number of nitrogens with one attached hydrogen (secondary N) is 1. The average molecular weight is 298 g/mol. The molecular formula is C14H14N6O2. The molecule has 0 unspecified atom stereocenters. The molecule has 22 heavy (non-hydrogen) atoms. The van der Waals surface area contributed by atoms with Gasteiger partial charge in [-0.3, -0.25) is 0 Å². The largest absolute Gasteiger partial charge is 0.477 e. The number of aromatic amines is 1. The number of anilines is 1. The number of imidazole rings is 1. The van der Waals surface area contributed by atoms with Gasteiger partial charge in [0.2, 0.25) is 0 Å². The van der Waals surface area contributed by atoms with Crippen LogP contribution in [0.5, 0.6) is 0 Å². The van der Waals surface area contributed by atoms with Crippen LogP contribution in [0.25, 0.3) is 11.0 Å². The van der Waals surface area contributed by atoms with E-state index in [4.69, 9.17) is 5.11 Å². The second kappa shape index (κ2) is 4.83. The Hall–Kier alpha value is -2.90. The molecule has 8 heteroatoms. The summed E-state index contributed by atoms with van der Waals surface area (Å²) >= 11 is 0. The van der Waals surface area contributed by atoms with Crippen LogP contribution in [0.1, 0.15) is 16.3 Å². The molecule has 0 saturated carbocycles. The first-order valence-electron chi connectivity index (χ1n) is 7.04. The molecule has 112 valence electrons. The number of carboxylic acids is 1. The summed E-state index contributed by atoms with van der Waals surface area (Å²) in [4.78, 5) is 28.9. The lowest BCUT2D eigenvalue weighted by molar-refractivity contribution is 0.0691. The number of H-pyrrole nitrogens is 1. The molecule has 0 aromatic carbocycles. The number of nitrogens with zero attached hydrogens (tertiary/aromatic N) is 5. The minimum Gasteiger partial charge on any atom is -0.477 e. The number of carboxylic acid groups (broad SMARTS) is 1. The molecule has 8 nitrogen and oxygen atoms in total. The first-order chi connectivity index (χ1) is 10.7. The molecule has 0 aliphatic carbocycles. The van der Waals surface area contributed by atoms with E-state index in [1.807, 2.05) is 12.4 Å². The zero-order valence-electron chi connectivity index (χ0n) is 11.7. The Kier molecular flexibility index (Phi) is 2.81. The van der Waals surface area contributed by atoms with Gasteiger partial charge in [-0.2, -0.15) is 0 Å². The number of aromatic nitrogens is 5. The molecule has 2 N–H and O–H groups in total. The van der Waals surface area contributed by atoms with Crippen molar-refractivity contribution >= 4 is 22.8 Å². The quantitative estimate of drug-likeness (QED) is 0.729. The molecule has 3 aromatic heterocycles. The van der Waals surface area contributed by atoms with Crippen molar-refractivity contribution in [3.05, 3.63) is 36.3 Å². The van der Waals surface area contributed by atoms with Crippen LogP contribution in [0, 0.1) is 0 Å². The van der Waals surface area contributed by atoms with Crippen LogP contribution >= 0.6 is 0 Å². The van der Waals surface area contributed by atoms with Crippen LogP contribution in [0.15, 0.2) is 24.8 Å². The molecule has 0 radical (unpaired) electrons. The Balaban J connectivity index is 1.72. The molecule has 1 aliphatic heterocycles. The zero-order valence-corrected chi connectivity index (χ0v) is 11.7. The van der Waals surface area contributed by atoms with Crippen LogP contribution in [-0.2, 0) is 13.0 Å². The molecule has 1 aliphatic rings. The van der Waals surface area contributed by atoms with Gasteiger partial charge in [-0.25, -0.2) is 19.7 Å². The molecule has 0 atom stereocenters. The molecule has 0 bridgehead atoms. The lowest BCUT2D eigenvalue weighted by atomic mass is 10.3. The maximum atomic E-state index is 11.1. The topological polar surface area (TPSA) is 99.9 Å². The van der Waals surface area contributed by atoms with E-state index >= 15 is 0 Å². The SMILES string of the molecule is O=C(O)c1cc2c(N3CCc4nccn4CC3)ncnc2[nH]1. The first kappa shape index (κ1) is 12.8. The highest BCUT2D eigenvalue weighted by atomic mass is 16.4. The highest BCUT2D eigenvalue weighted by Gasteiger charge is 2.19. The van der Waals surface area contributed by atoms with E-state index in [0.717, 1.165) is 43.1 Å². The number of fused-ring (bicyclic) bond motifs is 2. The van der Waals surface area contributed by atoms with Crippen molar-refractivity contribution in [3.63, 3.8) is 0 Å². The van der Waals surface area contributed by atoms with E-state index < -0.39 is 5.97 Å². The summed E-state index contributed by atoms with van der Waals surface area (Å²) in [5, 5.41) is 9.85. The van der Waals surface area contributed by atoms with E-state index in [0.29, 0.717) is 5.65 Å². The smallest absolute Gasteiger partial charge is 0.352 e. The Morgan fingerprint density at radius 1 is 1.23 bits per heavy atom. The van der Waals surface area contributed by atoms with Crippen LogP contribution in [-0.4, -0.2) is 48.7 Å². The van der Waals surface area contributed by atoms with Gasteiger partial charge >= 0.3 is 5.97 Å². The van der Waals surface area contributed by atoms with Gasteiger partial charge in [-0.15, -0.1) is 0 Å². The van der Waals surface area contributed by atoms with Gasteiger partial charge in [0.25, 0.3) is 0 Å². The van der Waals surface area contributed by atoms with Gasteiger partial charge in [-0.05, 0) is 6.07 Å². The van der Waals surface area contributed by atoms with Gasteiger partial charge in [-0.1, -0.05) is 0 Å². The average Bonchev–Trinajstić information content (AvgIpc) is 3.10. The minimum atomic E-state index is -1.00. The van der Waals surface area contributed by atoms with Crippen molar-refractivity contribution in [1.82, 2.24) is 24.5 Å². The third-order valence-electron chi connectivity index (χ3n) is 3.95. The fourth-order valence-electron chi connectivity index (χ4n) is 2.85. The number of hydrogen-bond acceptors (Lipinski definition) is 5. The molecule has 4 rings (SSSR count). The molecule has 4 heterocycles. The Bertz CT molecular complexity index is 830. The molecule has 0 spiro atoms. The van der Waals surface area contributed by atoms with Crippen LogP contribution < -0.4 is 4.90 Å².